The largest absolute Gasteiger partial charge is 0.496 e. The van der Waals surface area contributed by atoms with Gasteiger partial charge in [0.25, 0.3) is 5.91 Å². The summed E-state index contributed by atoms with van der Waals surface area (Å²) in [5.74, 6) is -0.975. The van der Waals surface area contributed by atoms with E-state index in [2.05, 4.69) is 0 Å². The molecule has 2 atom stereocenters. The van der Waals surface area contributed by atoms with Crippen LogP contribution in [0.25, 0.3) is 0 Å². The van der Waals surface area contributed by atoms with Crippen molar-refractivity contribution in [2.24, 2.45) is 0 Å². The molecule has 5 nitrogen and oxygen atoms in total. The molecule has 3 rings (SSSR count). The first kappa shape index (κ1) is 17.2. The molecule has 1 fully saturated rings. The number of β-amino-alcohol motifs (C(OH)–C–C–N with tert-alkyl or cyclic N) is 1. The zero-order valence-electron chi connectivity index (χ0n) is 13.5. The number of amides is 1. The van der Waals surface area contributed by atoms with Crippen molar-refractivity contribution in [2.45, 2.75) is 12.2 Å². The molecule has 7 heteroatoms. The molecular formula is C18H17F2NO4. The highest BCUT2D eigenvalue weighted by Gasteiger charge is 2.37. The smallest absolute Gasteiger partial charge is 0.257 e. The summed E-state index contributed by atoms with van der Waals surface area (Å²) in [6, 6.07) is 9.20. The van der Waals surface area contributed by atoms with E-state index in [9.17, 15) is 18.7 Å². The molecule has 0 radical (unpaired) electrons. The molecule has 1 aliphatic rings. The summed E-state index contributed by atoms with van der Waals surface area (Å²) in [6.45, 7) is 0.120. The predicted octanol–water partition coefficient (Wildman–Crippen LogP) is 2.24. The minimum atomic E-state index is -0.938. The third-order valence-corrected chi connectivity index (χ3v) is 4.00. The Hall–Kier alpha value is -2.67. The van der Waals surface area contributed by atoms with E-state index in [1.165, 1.54) is 42.3 Å². The molecule has 1 amide bonds. The first-order chi connectivity index (χ1) is 12.0. The predicted molar refractivity (Wildman–Crippen MR) is 85.7 cm³/mol. The number of nitrogens with zero attached hydrogens (tertiary/aromatic N) is 1. The zero-order valence-corrected chi connectivity index (χ0v) is 13.5. The quantitative estimate of drug-likeness (QED) is 0.920. The summed E-state index contributed by atoms with van der Waals surface area (Å²) in [5, 5.41) is 10.1. The molecule has 1 heterocycles. The summed E-state index contributed by atoms with van der Waals surface area (Å²) in [5.41, 5.74) is 0.0705. The van der Waals surface area contributed by atoms with Gasteiger partial charge in [-0.25, -0.2) is 8.78 Å². The zero-order chi connectivity index (χ0) is 18.0. The van der Waals surface area contributed by atoms with Gasteiger partial charge < -0.3 is 19.5 Å². The highest BCUT2D eigenvalue weighted by atomic mass is 19.1. The van der Waals surface area contributed by atoms with Crippen molar-refractivity contribution in [3.8, 4) is 11.5 Å². The maximum absolute atomic E-state index is 13.5. The van der Waals surface area contributed by atoms with Crippen molar-refractivity contribution < 1.29 is 28.2 Å². The number of aliphatic hydroxyl groups excluding tert-OH is 1. The number of likely N-dealkylation sites (tertiary alicyclic amines) is 1. The molecule has 132 valence electrons. The van der Waals surface area contributed by atoms with Gasteiger partial charge in [-0.15, -0.1) is 0 Å². The molecule has 0 aromatic heterocycles. The van der Waals surface area contributed by atoms with Crippen LogP contribution in [-0.4, -0.2) is 48.3 Å². The summed E-state index contributed by atoms with van der Waals surface area (Å²) in [4.78, 5) is 14.0. The number of halogens is 2. The number of carbonyl (C=O) groups excluding carboxylic acids is 1. The van der Waals surface area contributed by atoms with Crippen LogP contribution in [-0.2, 0) is 0 Å². The first-order valence-corrected chi connectivity index (χ1v) is 7.71. The van der Waals surface area contributed by atoms with Crippen LogP contribution in [0.3, 0.4) is 0 Å². The van der Waals surface area contributed by atoms with Crippen LogP contribution in [0.4, 0.5) is 8.78 Å². The number of carbonyl (C=O) groups is 1. The van der Waals surface area contributed by atoms with E-state index in [-0.39, 0.29) is 30.2 Å². The third kappa shape index (κ3) is 3.71. The molecule has 0 bridgehead atoms. The van der Waals surface area contributed by atoms with E-state index >= 15 is 0 Å². The van der Waals surface area contributed by atoms with Crippen molar-refractivity contribution in [3.05, 3.63) is 59.7 Å². The van der Waals surface area contributed by atoms with E-state index in [1.54, 1.807) is 6.07 Å². The van der Waals surface area contributed by atoms with Crippen LogP contribution >= 0.6 is 0 Å². The van der Waals surface area contributed by atoms with Crippen molar-refractivity contribution >= 4 is 5.91 Å². The second kappa shape index (κ2) is 7.06. The number of benzene rings is 2. The van der Waals surface area contributed by atoms with Crippen LogP contribution in [0.2, 0.25) is 0 Å². The Kier molecular flexibility index (Phi) is 4.85. The normalized spacial score (nSPS) is 19.8. The van der Waals surface area contributed by atoms with Gasteiger partial charge in [0.05, 0.1) is 25.8 Å². The molecule has 0 unspecified atom stereocenters. The maximum atomic E-state index is 13.5. The molecule has 0 saturated carbocycles. The molecule has 2 aromatic rings. The topological polar surface area (TPSA) is 59.0 Å². The number of methoxy groups -OCH3 is 1. The van der Waals surface area contributed by atoms with E-state index < -0.39 is 29.7 Å². The summed E-state index contributed by atoms with van der Waals surface area (Å²) in [7, 11) is 1.39. The van der Waals surface area contributed by atoms with E-state index in [0.29, 0.717) is 0 Å². The van der Waals surface area contributed by atoms with Gasteiger partial charge in [-0.05, 0) is 30.3 Å². The van der Waals surface area contributed by atoms with E-state index in [4.69, 9.17) is 9.47 Å². The number of hydrogen-bond donors (Lipinski definition) is 1. The molecular weight excluding hydrogens is 332 g/mol. The molecule has 25 heavy (non-hydrogen) atoms. The lowest BCUT2D eigenvalue weighted by molar-refractivity contribution is 0.0727. The summed E-state index contributed by atoms with van der Waals surface area (Å²) >= 11 is 0. The lowest BCUT2D eigenvalue weighted by Gasteiger charge is -2.18. The second-order valence-electron chi connectivity index (χ2n) is 5.74. The van der Waals surface area contributed by atoms with Gasteiger partial charge in [0.1, 0.15) is 35.3 Å². The Bertz CT molecular complexity index is 783. The lowest BCUT2D eigenvalue weighted by atomic mass is 10.1. The van der Waals surface area contributed by atoms with Gasteiger partial charge in [0.2, 0.25) is 0 Å². The number of ether oxygens (including phenoxy) is 2. The van der Waals surface area contributed by atoms with Crippen LogP contribution in [0.5, 0.6) is 11.5 Å². The summed E-state index contributed by atoms with van der Waals surface area (Å²) in [6.07, 6.45) is -1.64. The standard InChI is InChI=1S/C18H17F2NO4/c1-24-16-6-5-12(20)8-14(16)18(23)21-9-15(22)17(10-21)25-13-4-2-3-11(19)7-13/h2-8,15,17,22H,9-10H2,1H3/t15-,17-/m1/s1. The Labute approximate surface area is 143 Å². The van der Waals surface area contributed by atoms with Crippen LogP contribution in [0.15, 0.2) is 42.5 Å². The van der Waals surface area contributed by atoms with Crippen LogP contribution in [0.1, 0.15) is 10.4 Å². The number of rotatable bonds is 4. The van der Waals surface area contributed by atoms with E-state index in [0.717, 1.165) is 6.07 Å². The van der Waals surface area contributed by atoms with Crippen LogP contribution in [0, 0.1) is 11.6 Å². The fraction of sp³-hybridized carbons (Fsp3) is 0.278. The average Bonchev–Trinajstić information content (AvgIpc) is 2.95. The molecule has 1 aliphatic heterocycles. The second-order valence-corrected chi connectivity index (χ2v) is 5.74. The van der Waals surface area contributed by atoms with Gasteiger partial charge in [-0.3, -0.25) is 4.79 Å². The molecule has 0 spiro atoms. The van der Waals surface area contributed by atoms with Crippen molar-refractivity contribution in [2.75, 3.05) is 20.2 Å². The molecule has 1 N–H and O–H groups in total. The fourth-order valence-electron chi connectivity index (χ4n) is 2.77. The lowest BCUT2D eigenvalue weighted by Crippen LogP contribution is -2.31. The highest BCUT2D eigenvalue weighted by Crippen LogP contribution is 2.25. The summed E-state index contributed by atoms with van der Waals surface area (Å²) < 4.78 is 37.4. The Morgan fingerprint density at radius 1 is 1.16 bits per heavy atom. The average molecular weight is 349 g/mol. The Morgan fingerprint density at radius 2 is 1.92 bits per heavy atom. The molecule has 0 aliphatic carbocycles. The first-order valence-electron chi connectivity index (χ1n) is 7.71. The van der Waals surface area contributed by atoms with Crippen molar-refractivity contribution in [1.82, 2.24) is 4.90 Å². The highest BCUT2D eigenvalue weighted by molar-refractivity contribution is 5.97. The van der Waals surface area contributed by atoms with Crippen molar-refractivity contribution in [1.29, 1.82) is 0 Å². The third-order valence-electron chi connectivity index (χ3n) is 4.00. The number of aliphatic hydroxyl groups is 1. The molecule has 2 aromatic carbocycles. The van der Waals surface area contributed by atoms with Crippen molar-refractivity contribution in [3.63, 3.8) is 0 Å². The number of hydrogen-bond acceptors (Lipinski definition) is 4. The van der Waals surface area contributed by atoms with Gasteiger partial charge in [-0.1, -0.05) is 6.07 Å². The fourth-order valence-corrected chi connectivity index (χ4v) is 2.77. The SMILES string of the molecule is COc1ccc(F)cc1C(=O)N1C[C@@H](O)[C@H](Oc2cccc(F)c2)C1. The van der Waals surface area contributed by atoms with Gasteiger partial charge >= 0.3 is 0 Å². The van der Waals surface area contributed by atoms with Gasteiger partial charge in [0, 0.05) is 6.07 Å². The minimum Gasteiger partial charge on any atom is -0.496 e. The molecule has 1 saturated heterocycles. The Balaban J connectivity index is 1.75. The Morgan fingerprint density at radius 3 is 2.64 bits per heavy atom. The van der Waals surface area contributed by atoms with Gasteiger partial charge in [-0.2, -0.15) is 0 Å². The monoisotopic (exact) mass is 349 g/mol. The maximum Gasteiger partial charge on any atom is 0.257 e. The van der Waals surface area contributed by atoms with E-state index in [1.807, 2.05) is 0 Å². The van der Waals surface area contributed by atoms with Gasteiger partial charge in [0.15, 0.2) is 0 Å². The van der Waals surface area contributed by atoms with Crippen LogP contribution < -0.4 is 9.47 Å². The minimum absolute atomic E-state index is 0.0263.